The average molecular weight is 331 g/mol. The summed E-state index contributed by atoms with van der Waals surface area (Å²) in [6.45, 7) is 0. The summed E-state index contributed by atoms with van der Waals surface area (Å²) in [7, 11) is 0. The predicted molar refractivity (Wildman–Crippen MR) is 59.4 cm³/mol. The maximum atomic E-state index is 13.4. The molecule has 0 atom stereocenters. The van der Waals surface area contributed by atoms with Gasteiger partial charge in [0.15, 0.2) is 23.3 Å². The molecule has 0 aliphatic heterocycles. The van der Waals surface area contributed by atoms with Gasteiger partial charge in [-0.25, -0.2) is 22.0 Å². The van der Waals surface area contributed by atoms with Gasteiger partial charge < -0.3 is 5.32 Å². The summed E-state index contributed by atoms with van der Waals surface area (Å²) in [5.74, 6) is -11.2. The van der Waals surface area contributed by atoms with Crippen LogP contribution in [0, 0.1) is 29.1 Å². The van der Waals surface area contributed by atoms with Gasteiger partial charge in [-0.15, -0.1) is 0 Å². The van der Waals surface area contributed by atoms with Crippen molar-refractivity contribution in [1.29, 1.82) is 0 Å². The molecule has 0 aliphatic carbocycles. The van der Waals surface area contributed by atoms with Gasteiger partial charge in [0.05, 0.1) is 0 Å². The van der Waals surface area contributed by atoms with Crippen molar-refractivity contribution in [3.8, 4) is 0 Å². The van der Waals surface area contributed by atoms with Crippen LogP contribution in [0.2, 0.25) is 10.6 Å². The quantitative estimate of drug-likeness (QED) is 0.519. The Morgan fingerprint density at radius 1 is 0.650 bits per heavy atom. The van der Waals surface area contributed by atoms with E-state index in [1.165, 1.54) is 0 Å². The van der Waals surface area contributed by atoms with Crippen LogP contribution >= 0.6 is 23.2 Å². The van der Waals surface area contributed by atoms with Crippen molar-refractivity contribution in [3.63, 3.8) is 0 Å². The summed E-state index contributed by atoms with van der Waals surface area (Å²) in [6.07, 6.45) is 0. The van der Waals surface area contributed by atoms with Crippen molar-refractivity contribution in [2.45, 2.75) is 0 Å². The van der Waals surface area contributed by atoms with Gasteiger partial charge in [0.2, 0.25) is 22.3 Å². The number of rotatable bonds is 2. The second kappa shape index (κ2) is 5.33. The van der Waals surface area contributed by atoms with Gasteiger partial charge >= 0.3 is 0 Å². The highest BCUT2D eigenvalue weighted by Gasteiger charge is 2.26. The van der Waals surface area contributed by atoms with Crippen LogP contribution in [0.5, 0.6) is 0 Å². The third-order valence-electron chi connectivity index (χ3n) is 2.03. The van der Waals surface area contributed by atoms with E-state index >= 15 is 0 Å². The number of nitrogens with zero attached hydrogens (tertiary/aromatic N) is 3. The van der Waals surface area contributed by atoms with E-state index in [1.54, 1.807) is 5.32 Å². The standard InChI is InChI=1S/C9HCl2F5N4/c10-7-18-8(11)20-9(19-7)17-6-4(15)2(13)1(12)3(14)5(6)16/h(H,17,18,19,20). The number of hydrogen-bond donors (Lipinski definition) is 1. The highest BCUT2D eigenvalue weighted by atomic mass is 35.5. The number of halogens is 7. The highest BCUT2D eigenvalue weighted by molar-refractivity contribution is 6.31. The highest BCUT2D eigenvalue weighted by Crippen LogP contribution is 2.29. The molecule has 0 fully saturated rings. The largest absolute Gasteiger partial charge is 0.319 e. The lowest BCUT2D eigenvalue weighted by Crippen LogP contribution is -2.09. The maximum absolute atomic E-state index is 13.4. The van der Waals surface area contributed by atoms with Crippen LogP contribution < -0.4 is 5.32 Å². The Kier molecular flexibility index (Phi) is 3.91. The Hall–Kier alpha value is -1.74. The molecule has 1 heterocycles. The average Bonchev–Trinajstić information content (AvgIpc) is 2.38. The van der Waals surface area contributed by atoms with Crippen molar-refractivity contribution in [2.24, 2.45) is 0 Å². The van der Waals surface area contributed by atoms with Crippen LogP contribution in [0.1, 0.15) is 0 Å². The molecule has 0 bridgehead atoms. The normalized spacial score (nSPS) is 10.8. The Balaban J connectivity index is 2.54. The zero-order valence-corrected chi connectivity index (χ0v) is 10.5. The van der Waals surface area contributed by atoms with Crippen molar-refractivity contribution in [3.05, 3.63) is 39.7 Å². The van der Waals surface area contributed by atoms with Crippen LogP contribution in [-0.2, 0) is 0 Å². The molecule has 106 valence electrons. The summed E-state index contributed by atoms with van der Waals surface area (Å²) in [4.78, 5) is 10.1. The molecule has 0 unspecified atom stereocenters. The minimum Gasteiger partial charge on any atom is -0.319 e. The summed E-state index contributed by atoms with van der Waals surface area (Å²) in [6, 6.07) is 0. The van der Waals surface area contributed by atoms with E-state index in [9.17, 15) is 22.0 Å². The number of hydrogen-bond acceptors (Lipinski definition) is 4. The zero-order valence-electron chi connectivity index (χ0n) is 8.99. The summed E-state index contributed by atoms with van der Waals surface area (Å²) >= 11 is 10.8. The molecule has 2 rings (SSSR count). The Morgan fingerprint density at radius 2 is 1.05 bits per heavy atom. The van der Waals surface area contributed by atoms with Crippen molar-refractivity contribution in [2.75, 3.05) is 5.32 Å². The Morgan fingerprint density at radius 3 is 1.50 bits per heavy atom. The molecular formula is C9HCl2F5N4. The van der Waals surface area contributed by atoms with Gasteiger partial charge in [0.1, 0.15) is 5.69 Å². The molecule has 0 saturated carbocycles. The van der Waals surface area contributed by atoms with E-state index < -0.39 is 51.3 Å². The molecule has 11 heteroatoms. The van der Waals surface area contributed by atoms with Crippen LogP contribution in [0.4, 0.5) is 33.6 Å². The fraction of sp³-hybridized carbons (Fsp3) is 0. The molecule has 4 nitrogen and oxygen atoms in total. The van der Waals surface area contributed by atoms with E-state index in [0.717, 1.165) is 0 Å². The lowest BCUT2D eigenvalue weighted by Gasteiger charge is -2.09. The lowest BCUT2D eigenvalue weighted by molar-refractivity contribution is 0.382. The van der Waals surface area contributed by atoms with Crippen LogP contribution in [0.3, 0.4) is 0 Å². The summed E-state index contributed by atoms with van der Waals surface area (Å²) in [5, 5.41) is 0.935. The zero-order chi connectivity index (χ0) is 15.0. The van der Waals surface area contributed by atoms with Crippen LogP contribution in [0.25, 0.3) is 0 Å². The van der Waals surface area contributed by atoms with E-state index in [1.807, 2.05) is 0 Å². The fourth-order valence-electron chi connectivity index (χ4n) is 1.21. The van der Waals surface area contributed by atoms with Crippen LogP contribution in [-0.4, -0.2) is 15.0 Å². The van der Waals surface area contributed by atoms with E-state index in [-0.39, 0.29) is 0 Å². The summed E-state index contributed by atoms with van der Waals surface area (Å²) in [5.41, 5.74) is -1.33. The van der Waals surface area contributed by atoms with Gasteiger partial charge in [0, 0.05) is 0 Å². The first-order valence-electron chi connectivity index (χ1n) is 4.66. The third kappa shape index (κ3) is 2.59. The molecule has 2 aromatic rings. The van der Waals surface area contributed by atoms with Gasteiger partial charge in [-0.2, -0.15) is 15.0 Å². The Bertz CT molecular complexity index is 647. The molecule has 0 amide bonds. The fourth-order valence-corrected chi connectivity index (χ4v) is 1.57. The van der Waals surface area contributed by atoms with Gasteiger partial charge in [-0.1, -0.05) is 0 Å². The van der Waals surface area contributed by atoms with Crippen molar-refractivity contribution in [1.82, 2.24) is 15.0 Å². The molecule has 1 N–H and O–H groups in total. The smallest absolute Gasteiger partial charge is 0.232 e. The van der Waals surface area contributed by atoms with Crippen molar-refractivity contribution < 1.29 is 22.0 Å². The molecule has 20 heavy (non-hydrogen) atoms. The molecule has 0 aliphatic rings. The first-order valence-corrected chi connectivity index (χ1v) is 5.42. The molecule has 0 spiro atoms. The van der Waals surface area contributed by atoms with E-state index in [0.29, 0.717) is 0 Å². The van der Waals surface area contributed by atoms with Gasteiger partial charge in [0.25, 0.3) is 0 Å². The number of nitrogens with one attached hydrogen (secondary N) is 1. The van der Waals surface area contributed by atoms with Crippen molar-refractivity contribution >= 4 is 34.8 Å². The topological polar surface area (TPSA) is 50.7 Å². The van der Waals surface area contributed by atoms with Gasteiger partial charge in [-0.05, 0) is 23.2 Å². The van der Waals surface area contributed by atoms with Gasteiger partial charge in [-0.3, -0.25) is 0 Å². The minimum atomic E-state index is -2.28. The SMILES string of the molecule is Fc1c(F)c(F)c(Nc2nc(Cl)nc(Cl)n2)c(F)c1F. The predicted octanol–water partition coefficient (Wildman–Crippen LogP) is 3.62. The first kappa shape index (κ1) is 14.7. The van der Waals surface area contributed by atoms with E-state index in [2.05, 4.69) is 15.0 Å². The molecular weight excluding hydrogens is 330 g/mol. The Labute approximate surface area is 117 Å². The molecule has 1 aromatic heterocycles. The maximum Gasteiger partial charge on any atom is 0.232 e. The molecule has 0 saturated heterocycles. The number of aromatic nitrogens is 3. The first-order chi connectivity index (χ1) is 9.31. The molecule has 1 aromatic carbocycles. The lowest BCUT2D eigenvalue weighted by atomic mass is 10.2. The monoisotopic (exact) mass is 330 g/mol. The van der Waals surface area contributed by atoms with Crippen LogP contribution in [0.15, 0.2) is 0 Å². The second-order valence-corrected chi connectivity index (χ2v) is 3.94. The summed E-state index contributed by atoms with van der Waals surface area (Å²) < 4.78 is 65.5. The third-order valence-corrected chi connectivity index (χ3v) is 2.37. The van der Waals surface area contributed by atoms with E-state index in [4.69, 9.17) is 23.2 Å². The number of anilines is 2. The second-order valence-electron chi connectivity index (χ2n) is 3.27. The minimum absolute atomic E-state index is 0.434. The number of benzene rings is 1. The molecule has 0 radical (unpaired) electrons.